The molecule has 0 saturated carbocycles. The average Bonchev–Trinajstić information content (AvgIpc) is 1.83. The summed E-state index contributed by atoms with van der Waals surface area (Å²) in [5.41, 5.74) is 1.35. The maximum absolute atomic E-state index is 8.77. The standard InChI is InChI=1S/C3H7N3O6/c7-1(8)2(9,10)4-6-5-3(1,11)12/h7-12H,(H,4,5). The van der Waals surface area contributed by atoms with Crippen molar-refractivity contribution in [2.24, 2.45) is 10.3 Å². The van der Waals surface area contributed by atoms with Gasteiger partial charge in [-0.2, -0.15) is 0 Å². The molecule has 0 aromatic carbocycles. The second kappa shape index (κ2) is 2.10. The fraction of sp³-hybridized carbons (Fsp3) is 1.00. The third kappa shape index (κ3) is 0.964. The molecule has 0 aromatic rings. The van der Waals surface area contributed by atoms with Gasteiger partial charge in [0.1, 0.15) is 0 Å². The largest absolute Gasteiger partial charge is 0.354 e. The van der Waals surface area contributed by atoms with E-state index in [1.54, 1.807) is 0 Å². The highest BCUT2D eigenvalue weighted by molar-refractivity contribution is 4.91. The molecule has 70 valence electrons. The molecule has 12 heavy (non-hydrogen) atoms. The summed E-state index contributed by atoms with van der Waals surface area (Å²) in [5, 5.41) is 57.5. The first-order chi connectivity index (χ1) is 5.21. The molecule has 0 atom stereocenters. The van der Waals surface area contributed by atoms with Crippen LogP contribution in [0.3, 0.4) is 0 Å². The Morgan fingerprint density at radius 1 is 0.917 bits per heavy atom. The number of hydrogen-bond donors (Lipinski definition) is 7. The van der Waals surface area contributed by atoms with Gasteiger partial charge in [0.25, 0.3) is 0 Å². The van der Waals surface area contributed by atoms with Gasteiger partial charge in [0.05, 0.1) is 0 Å². The molecular weight excluding hydrogens is 174 g/mol. The fourth-order valence-corrected chi connectivity index (χ4v) is 0.546. The molecule has 0 unspecified atom stereocenters. The van der Waals surface area contributed by atoms with Crippen LogP contribution in [0.4, 0.5) is 0 Å². The maximum Gasteiger partial charge on any atom is 0.348 e. The summed E-state index contributed by atoms with van der Waals surface area (Å²) < 4.78 is 0. The van der Waals surface area contributed by atoms with Crippen LogP contribution in [0, 0.1) is 0 Å². The monoisotopic (exact) mass is 181 g/mol. The molecule has 0 aliphatic carbocycles. The summed E-state index contributed by atoms with van der Waals surface area (Å²) >= 11 is 0. The van der Waals surface area contributed by atoms with Crippen molar-refractivity contribution in [1.82, 2.24) is 5.43 Å². The molecule has 0 saturated heterocycles. The van der Waals surface area contributed by atoms with Gasteiger partial charge in [-0.25, -0.2) is 5.43 Å². The Hall–Kier alpha value is -0.840. The highest BCUT2D eigenvalue weighted by Crippen LogP contribution is 2.30. The van der Waals surface area contributed by atoms with Crippen molar-refractivity contribution < 1.29 is 30.6 Å². The van der Waals surface area contributed by atoms with E-state index in [2.05, 4.69) is 10.3 Å². The van der Waals surface area contributed by atoms with Crippen molar-refractivity contribution in [3.05, 3.63) is 0 Å². The molecule has 0 fully saturated rings. The molecule has 1 heterocycles. The van der Waals surface area contributed by atoms with E-state index >= 15 is 0 Å². The minimum Gasteiger partial charge on any atom is -0.354 e. The Bertz CT molecular complexity index is 222. The second-order valence-corrected chi connectivity index (χ2v) is 2.29. The lowest BCUT2D eigenvalue weighted by molar-refractivity contribution is -0.468. The van der Waals surface area contributed by atoms with Crippen molar-refractivity contribution in [2.45, 2.75) is 17.6 Å². The first-order valence-corrected chi connectivity index (χ1v) is 2.74. The van der Waals surface area contributed by atoms with Crippen LogP contribution in [0.2, 0.25) is 0 Å². The van der Waals surface area contributed by atoms with Crippen LogP contribution >= 0.6 is 0 Å². The lowest BCUT2D eigenvalue weighted by Crippen LogP contribution is -2.74. The molecule has 0 bridgehead atoms. The van der Waals surface area contributed by atoms with Crippen molar-refractivity contribution in [1.29, 1.82) is 0 Å². The zero-order valence-electron chi connectivity index (χ0n) is 5.58. The Morgan fingerprint density at radius 3 is 1.75 bits per heavy atom. The van der Waals surface area contributed by atoms with Gasteiger partial charge in [0.15, 0.2) is 0 Å². The predicted molar refractivity (Wildman–Crippen MR) is 29.5 cm³/mol. The summed E-state index contributed by atoms with van der Waals surface area (Å²) in [7, 11) is 0. The summed E-state index contributed by atoms with van der Waals surface area (Å²) in [6.45, 7) is 0. The first kappa shape index (κ1) is 9.25. The second-order valence-electron chi connectivity index (χ2n) is 2.29. The first-order valence-electron chi connectivity index (χ1n) is 2.74. The smallest absolute Gasteiger partial charge is 0.348 e. The molecule has 1 aliphatic heterocycles. The van der Waals surface area contributed by atoms with Crippen molar-refractivity contribution in [3.8, 4) is 0 Å². The van der Waals surface area contributed by atoms with Crippen LogP contribution in [0.25, 0.3) is 0 Å². The Balaban J connectivity index is 3.13. The minimum atomic E-state index is -3.68. The van der Waals surface area contributed by atoms with Crippen LogP contribution in [0.5, 0.6) is 0 Å². The normalized spacial score (nSPS) is 29.5. The molecule has 0 aromatic heterocycles. The van der Waals surface area contributed by atoms with E-state index in [-0.39, 0.29) is 0 Å². The van der Waals surface area contributed by atoms with Gasteiger partial charge < -0.3 is 30.6 Å². The summed E-state index contributed by atoms with van der Waals surface area (Å²) in [4.78, 5) is 0. The molecule has 1 rings (SSSR count). The van der Waals surface area contributed by atoms with E-state index in [0.29, 0.717) is 0 Å². The number of rotatable bonds is 0. The van der Waals surface area contributed by atoms with Crippen LogP contribution in [-0.4, -0.2) is 48.2 Å². The third-order valence-electron chi connectivity index (χ3n) is 1.35. The quantitative estimate of drug-likeness (QED) is 0.187. The predicted octanol–water partition coefficient (Wildman–Crippen LogP) is -4.09. The van der Waals surface area contributed by atoms with Crippen LogP contribution in [-0.2, 0) is 0 Å². The van der Waals surface area contributed by atoms with Crippen LogP contribution in [0.1, 0.15) is 0 Å². The van der Waals surface area contributed by atoms with Crippen LogP contribution < -0.4 is 5.43 Å². The number of hydrogen-bond acceptors (Lipinski definition) is 9. The Kier molecular flexibility index (Phi) is 1.62. The molecule has 1 aliphatic rings. The van der Waals surface area contributed by atoms with E-state index in [4.69, 9.17) is 30.6 Å². The highest BCUT2D eigenvalue weighted by atomic mass is 16.7. The topological polar surface area (TPSA) is 158 Å². The van der Waals surface area contributed by atoms with Crippen molar-refractivity contribution in [2.75, 3.05) is 0 Å². The molecule has 9 nitrogen and oxygen atoms in total. The van der Waals surface area contributed by atoms with Gasteiger partial charge in [-0.15, -0.1) is 0 Å². The minimum absolute atomic E-state index is 1.35. The Labute approximate surface area is 65.2 Å². The van der Waals surface area contributed by atoms with E-state index in [1.807, 2.05) is 0 Å². The van der Waals surface area contributed by atoms with Gasteiger partial charge in [-0.05, 0) is 0 Å². The number of nitrogens with one attached hydrogen (secondary N) is 1. The molecule has 0 radical (unpaired) electrons. The maximum atomic E-state index is 8.77. The van der Waals surface area contributed by atoms with E-state index in [0.717, 1.165) is 0 Å². The zero-order chi connectivity index (χ0) is 9.62. The van der Waals surface area contributed by atoms with Crippen LogP contribution in [0.15, 0.2) is 10.3 Å². The fourth-order valence-electron chi connectivity index (χ4n) is 0.546. The summed E-state index contributed by atoms with van der Waals surface area (Å²) in [5.74, 6) is -10.6. The Morgan fingerprint density at radius 2 is 1.42 bits per heavy atom. The zero-order valence-corrected chi connectivity index (χ0v) is 5.58. The number of nitrogens with zero attached hydrogens (tertiary/aromatic N) is 2. The average molecular weight is 181 g/mol. The molecule has 7 N–H and O–H groups in total. The molecule has 0 amide bonds. The van der Waals surface area contributed by atoms with Crippen molar-refractivity contribution >= 4 is 0 Å². The lowest BCUT2D eigenvalue weighted by atomic mass is 10.1. The van der Waals surface area contributed by atoms with Gasteiger partial charge in [0, 0.05) is 0 Å². The molecular formula is C3H7N3O6. The summed E-state index contributed by atoms with van der Waals surface area (Å²) in [6.07, 6.45) is 0. The summed E-state index contributed by atoms with van der Waals surface area (Å²) in [6, 6.07) is 0. The van der Waals surface area contributed by atoms with Gasteiger partial charge in [-0.1, -0.05) is 10.3 Å². The molecule has 0 spiro atoms. The SMILES string of the molecule is OC1(O)N=NNC(O)(O)C1(O)O. The van der Waals surface area contributed by atoms with Gasteiger partial charge in [-0.3, -0.25) is 0 Å². The van der Waals surface area contributed by atoms with Gasteiger partial charge in [0.2, 0.25) is 0 Å². The lowest BCUT2D eigenvalue weighted by Gasteiger charge is -2.40. The van der Waals surface area contributed by atoms with E-state index in [9.17, 15) is 0 Å². The third-order valence-corrected chi connectivity index (χ3v) is 1.35. The van der Waals surface area contributed by atoms with E-state index < -0.39 is 17.6 Å². The van der Waals surface area contributed by atoms with E-state index in [1.165, 1.54) is 5.43 Å². The van der Waals surface area contributed by atoms with Crippen molar-refractivity contribution in [3.63, 3.8) is 0 Å². The molecule has 9 heteroatoms. The van der Waals surface area contributed by atoms with Gasteiger partial charge >= 0.3 is 17.6 Å². The number of aliphatic hydroxyl groups is 6. The highest BCUT2D eigenvalue weighted by Gasteiger charge is 2.65.